The molecule has 2 heterocycles. The van der Waals surface area contributed by atoms with E-state index in [4.69, 9.17) is 13.9 Å². The molecule has 25 heavy (non-hydrogen) atoms. The third kappa shape index (κ3) is 2.32. The number of fused-ring (bicyclic) bond motifs is 2. The van der Waals surface area contributed by atoms with E-state index in [2.05, 4.69) is 0 Å². The Balaban J connectivity index is 1.62. The molecule has 0 radical (unpaired) electrons. The normalized spacial score (nSPS) is 36.9. The Morgan fingerprint density at radius 3 is 2.72 bits per heavy atom. The Labute approximate surface area is 145 Å². The van der Waals surface area contributed by atoms with Crippen molar-refractivity contribution in [1.82, 2.24) is 0 Å². The van der Waals surface area contributed by atoms with Gasteiger partial charge in [0.1, 0.15) is 11.3 Å². The fourth-order valence-corrected chi connectivity index (χ4v) is 4.16. The summed E-state index contributed by atoms with van der Waals surface area (Å²) in [6.45, 7) is 5.63. The van der Waals surface area contributed by atoms with Gasteiger partial charge >= 0.3 is 5.63 Å². The van der Waals surface area contributed by atoms with Crippen molar-refractivity contribution in [2.24, 2.45) is 17.8 Å². The Bertz CT molecular complexity index is 874. The lowest BCUT2D eigenvalue weighted by atomic mass is 9.63. The molecule has 2 fully saturated rings. The summed E-state index contributed by atoms with van der Waals surface area (Å²) < 4.78 is 16.9. The largest absolute Gasteiger partial charge is 0.464 e. The maximum absolute atomic E-state index is 11.7. The van der Waals surface area contributed by atoms with Gasteiger partial charge in [0, 0.05) is 35.3 Å². The average Bonchev–Trinajstić information content (AvgIpc) is 2.81. The lowest BCUT2D eigenvalue weighted by molar-refractivity contribution is -0.339. The topological polar surface area (TPSA) is 89.1 Å². The Hall–Kier alpha value is -1.89. The van der Waals surface area contributed by atoms with Gasteiger partial charge < -0.3 is 24.1 Å². The van der Waals surface area contributed by atoms with Crippen molar-refractivity contribution < 1.29 is 24.1 Å². The minimum atomic E-state index is -1.34. The van der Waals surface area contributed by atoms with Crippen LogP contribution in [0.4, 0.5) is 0 Å². The second kappa shape index (κ2) is 5.56. The first kappa shape index (κ1) is 16.6. The van der Waals surface area contributed by atoms with E-state index in [0.717, 1.165) is 17.4 Å². The van der Waals surface area contributed by atoms with Crippen LogP contribution in [0, 0.1) is 17.8 Å². The third-order valence-electron chi connectivity index (χ3n) is 5.75. The summed E-state index contributed by atoms with van der Waals surface area (Å²) in [6.07, 6.45) is -0.543. The first-order valence-corrected chi connectivity index (χ1v) is 8.67. The summed E-state index contributed by atoms with van der Waals surface area (Å²) >= 11 is 0. The van der Waals surface area contributed by atoms with E-state index in [1.54, 1.807) is 19.1 Å². The Morgan fingerprint density at radius 1 is 1.28 bits per heavy atom. The fraction of sp³-hybridized carbons (Fsp3) is 0.526. The number of aryl methyl sites for hydroxylation is 1. The zero-order chi connectivity index (χ0) is 17.9. The molecule has 0 bridgehead atoms. The summed E-state index contributed by atoms with van der Waals surface area (Å²) in [5, 5.41) is 21.5. The average molecular weight is 346 g/mol. The quantitative estimate of drug-likeness (QED) is 0.827. The number of rotatable bonds is 3. The van der Waals surface area contributed by atoms with Gasteiger partial charge in [-0.3, -0.25) is 0 Å². The van der Waals surface area contributed by atoms with Crippen LogP contribution in [0.5, 0.6) is 5.75 Å². The predicted molar refractivity (Wildman–Crippen MR) is 90.1 cm³/mol. The zero-order valence-electron chi connectivity index (χ0n) is 14.4. The van der Waals surface area contributed by atoms with Crippen molar-refractivity contribution in [3.63, 3.8) is 0 Å². The second-order valence-corrected chi connectivity index (χ2v) is 7.12. The molecule has 4 rings (SSSR count). The van der Waals surface area contributed by atoms with E-state index >= 15 is 0 Å². The number of benzene rings is 1. The first-order valence-electron chi connectivity index (χ1n) is 8.67. The highest BCUT2D eigenvalue weighted by atomic mass is 16.8. The van der Waals surface area contributed by atoms with Gasteiger partial charge in [-0.05, 0) is 24.1 Å². The van der Waals surface area contributed by atoms with Gasteiger partial charge in [-0.1, -0.05) is 20.8 Å². The van der Waals surface area contributed by atoms with Gasteiger partial charge in [0.05, 0.1) is 6.10 Å². The molecule has 134 valence electrons. The Morgan fingerprint density at radius 2 is 2.04 bits per heavy atom. The van der Waals surface area contributed by atoms with E-state index in [1.165, 1.54) is 6.07 Å². The number of hydrogen-bond acceptors (Lipinski definition) is 6. The van der Waals surface area contributed by atoms with Crippen LogP contribution in [-0.4, -0.2) is 28.4 Å². The first-order chi connectivity index (χ1) is 11.8. The van der Waals surface area contributed by atoms with Crippen LogP contribution in [0.2, 0.25) is 0 Å². The molecule has 1 aliphatic heterocycles. The molecule has 0 spiro atoms. The van der Waals surface area contributed by atoms with Crippen LogP contribution in [0.3, 0.4) is 0 Å². The van der Waals surface area contributed by atoms with Crippen molar-refractivity contribution >= 4 is 11.0 Å². The molecule has 1 aromatic carbocycles. The van der Waals surface area contributed by atoms with Crippen molar-refractivity contribution in [3.05, 3.63) is 40.2 Å². The fourth-order valence-electron chi connectivity index (χ4n) is 4.16. The van der Waals surface area contributed by atoms with Crippen LogP contribution in [0.25, 0.3) is 11.0 Å². The van der Waals surface area contributed by atoms with E-state index in [1.807, 2.05) is 19.9 Å². The molecule has 6 unspecified atom stereocenters. The number of hydrogen-bond donors (Lipinski definition) is 2. The second-order valence-electron chi connectivity index (χ2n) is 7.12. The van der Waals surface area contributed by atoms with Gasteiger partial charge in [-0.15, -0.1) is 0 Å². The molecule has 6 heteroatoms. The molecule has 1 aromatic heterocycles. The molecule has 2 N–H and O–H groups in total. The minimum Gasteiger partial charge on any atom is -0.464 e. The highest BCUT2D eigenvalue weighted by Gasteiger charge is 2.69. The molecule has 0 amide bonds. The number of aliphatic hydroxyl groups is 2. The highest BCUT2D eigenvalue weighted by Crippen LogP contribution is 2.55. The van der Waals surface area contributed by atoms with E-state index in [9.17, 15) is 15.0 Å². The summed E-state index contributed by atoms with van der Waals surface area (Å²) in [4.78, 5) is 11.7. The molecule has 1 saturated carbocycles. The molecule has 1 aliphatic carbocycles. The summed E-state index contributed by atoms with van der Waals surface area (Å²) in [5.41, 5.74) is 0.992. The summed E-state index contributed by atoms with van der Waals surface area (Å²) in [7, 11) is 0. The maximum atomic E-state index is 11.7. The zero-order valence-corrected chi connectivity index (χ0v) is 14.4. The molecule has 6 nitrogen and oxygen atoms in total. The van der Waals surface area contributed by atoms with Crippen LogP contribution in [0.15, 0.2) is 33.5 Å². The maximum Gasteiger partial charge on any atom is 0.336 e. The molecule has 1 saturated heterocycles. The van der Waals surface area contributed by atoms with E-state index in [0.29, 0.717) is 11.3 Å². The lowest BCUT2D eigenvalue weighted by Crippen LogP contribution is -2.63. The third-order valence-corrected chi connectivity index (χ3v) is 5.75. The monoisotopic (exact) mass is 346 g/mol. The van der Waals surface area contributed by atoms with Gasteiger partial charge in [0.15, 0.2) is 5.79 Å². The van der Waals surface area contributed by atoms with E-state index < -0.39 is 23.8 Å². The van der Waals surface area contributed by atoms with Gasteiger partial charge in [0.2, 0.25) is 6.29 Å². The molecule has 2 aliphatic rings. The van der Waals surface area contributed by atoms with Crippen molar-refractivity contribution in [3.8, 4) is 5.75 Å². The molecule has 2 aromatic rings. The predicted octanol–water partition coefficient (Wildman–Crippen LogP) is 2.04. The highest BCUT2D eigenvalue weighted by molar-refractivity contribution is 5.81. The van der Waals surface area contributed by atoms with E-state index in [-0.39, 0.29) is 17.8 Å². The number of aliphatic hydroxyl groups excluding tert-OH is 1. The van der Waals surface area contributed by atoms with Gasteiger partial charge in [0.25, 0.3) is 0 Å². The number of ether oxygens (including phenoxy) is 2. The van der Waals surface area contributed by atoms with Gasteiger partial charge in [-0.2, -0.15) is 0 Å². The molecule has 6 atom stereocenters. The van der Waals surface area contributed by atoms with Crippen LogP contribution < -0.4 is 10.4 Å². The lowest BCUT2D eigenvalue weighted by Gasteiger charge is -2.50. The molecular weight excluding hydrogens is 324 g/mol. The standard InChI is InChI=1S/C19H22O6/c1-4-11-7-15(20)24-14-8-12(5-6-13(11)14)23-18-9(2)16-17(21)10(3)19(16,22)25-18/h5-10,16-18,21-22H,4H2,1-3H3. The SMILES string of the molecule is CCc1cc(=O)oc2cc(OC3OC4(O)C(C)C(O)C4C3C)ccc12. The van der Waals surface area contributed by atoms with Gasteiger partial charge in [-0.25, -0.2) is 4.79 Å². The van der Waals surface area contributed by atoms with Crippen molar-refractivity contribution in [2.45, 2.75) is 45.4 Å². The Kier molecular flexibility index (Phi) is 3.68. The van der Waals surface area contributed by atoms with Crippen LogP contribution >= 0.6 is 0 Å². The van der Waals surface area contributed by atoms with Crippen LogP contribution in [-0.2, 0) is 11.2 Å². The smallest absolute Gasteiger partial charge is 0.336 e. The minimum absolute atomic E-state index is 0.166. The van der Waals surface area contributed by atoms with Crippen molar-refractivity contribution in [2.75, 3.05) is 0 Å². The summed E-state index contributed by atoms with van der Waals surface area (Å²) in [6, 6.07) is 6.81. The van der Waals surface area contributed by atoms with Crippen LogP contribution in [0.1, 0.15) is 26.3 Å². The van der Waals surface area contributed by atoms with Crippen molar-refractivity contribution in [1.29, 1.82) is 0 Å². The summed E-state index contributed by atoms with van der Waals surface area (Å²) in [5.74, 6) is -1.73. The molecular formula is C19H22O6.